The Morgan fingerprint density at radius 2 is 2.36 bits per heavy atom. The highest BCUT2D eigenvalue weighted by molar-refractivity contribution is 4.90. The van der Waals surface area contributed by atoms with E-state index in [0.29, 0.717) is 6.04 Å². The zero-order chi connectivity index (χ0) is 8.27. The Morgan fingerprint density at radius 3 is 2.82 bits per heavy atom. The van der Waals surface area contributed by atoms with E-state index in [1.807, 2.05) is 6.08 Å². The van der Waals surface area contributed by atoms with Gasteiger partial charge in [-0.15, -0.1) is 6.58 Å². The molecule has 1 nitrogen and oxygen atoms in total. The summed E-state index contributed by atoms with van der Waals surface area (Å²) in [7, 11) is 0. The summed E-state index contributed by atoms with van der Waals surface area (Å²) in [5, 5.41) is 0. The first-order chi connectivity index (χ1) is 5.25. The zero-order valence-corrected chi connectivity index (χ0v) is 7.42. The van der Waals surface area contributed by atoms with Gasteiger partial charge < -0.3 is 5.73 Å². The first-order valence-corrected chi connectivity index (χ1v) is 4.62. The Morgan fingerprint density at radius 1 is 1.73 bits per heavy atom. The SMILES string of the molecule is C=CCCCC(N)C1CC1C. The summed E-state index contributed by atoms with van der Waals surface area (Å²) in [5.41, 5.74) is 5.98. The summed E-state index contributed by atoms with van der Waals surface area (Å²) in [6.45, 7) is 5.98. The van der Waals surface area contributed by atoms with E-state index >= 15 is 0 Å². The number of rotatable bonds is 5. The van der Waals surface area contributed by atoms with Crippen molar-refractivity contribution in [2.45, 2.75) is 38.6 Å². The van der Waals surface area contributed by atoms with Crippen molar-refractivity contribution in [3.8, 4) is 0 Å². The molecule has 1 saturated carbocycles. The van der Waals surface area contributed by atoms with Crippen LogP contribution in [0, 0.1) is 11.8 Å². The summed E-state index contributed by atoms with van der Waals surface area (Å²) in [6, 6.07) is 0.463. The van der Waals surface area contributed by atoms with Crippen LogP contribution in [0.25, 0.3) is 0 Å². The van der Waals surface area contributed by atoms with Gasteiger partial charge in [0.25, 0.3) is 0 Å². The third-order valence-electron chi connectivity index (χ3n) is 2.67. The molecule has 0 bridgehead atoms. The maximum absolute atomic E-state index is 5.98. The third kappa shape index (κ3) is 2.66. The van der Waals surface area contributed by atoms with Gasteiger partial charge >= 0.3 is 0 Å². The van der Waals surface area contributed by atoms with Crippen LogP contribution in [-0.2, 0) is 0 Å². The van der Waals surface area contributed by atoms with E-state index in [0.717, 1.165) is 18.3 Å². The Labute approximate surface area is 69.7 Å². The van der Waals surface area contributed by atoms with Crippen molar-refractivity contribution in [1.29, 1.82) is 0 Å². The molecule has 0 aromatic heterocycles. The Bertz CT molecular complexity index is 131. The fourth-order valence-corrected chi connectivity index (χ4v) is 1.66. The topological polar surface area (TPSA) is 26.0 Å². The van der Waals surface area contributed by atoms with Gasteiger partial charge in [-0.05, 0) is 37.5 Å². The maximum atomic E-state index is 5.98. The second kappa shape index (κ2) is 3.91. The number of hydrogen-bond acceptors (Lipinski definition) is 1. The van der Waals surface area contributed by atoms with E-state index in [2.05, 4.69) is 13.5 Å². The van der Waals surface area contributed by atoms with Gasteiger partial charge in [-0.25, -0.2) is 0 Å². The van der Waals surface area contributed by atoms with Crippen LogP contribution < -0.4 is 5.73 Å². The number of unbranched alkanes of at least 4 members (excludes halogenated alkanes) is 1. The molecule has 3 atom stereocenters. The number of nitrogens with two attached hydrogens (primary N) is 1. The van der Waals surface area contributed by atoms with Gasteiger partial charge in [0, 0.05) is 6.04 Å². The third-order valence-corrected chi connectivity index (χ3v) is 2.67. The Kier molecular flexibility index (Phi) is 3.13. The van der Waals surface area contributed by atoms with E-state index in [1.165, 1.54) is 19.3 Å². The lowest BCUT2D eigenvalue weighted by Gasteiger charge is -2.08. The number of allylic oxidation sites excluding steroid dienone is 1. The van der Waals surface area contributed by atoms with Crippen molar-refractivity contribution in [3.05, 3.63) is 12.7 Å². The minimum Gasteiger partial charge on any atom is -0.327 e. The van der Waals surface area contributed by atoms with Gasteiger partial charge in [0.1, 0.15) is 0 Å². The maximum Gasteiger partial charge on any atom is 0.00699 e. The van der Waals surface area contributed by atoms with Crippen LogP contribution >= 0.6 is 0 Å². The minimum atomic E-state index is 0.463. The normalized spacial score (nSPS) is 31.5. The van der Waals surface area contributed by atoms with Crippen LogP contribution in [0.2, 0.25) is 0 Å². The summed E-state index contributed by atoms with van der Waals surface area (Å²) in [5.74, 6) is 1.73. The van der Waals surface area contributed by atoms with Crippen LogP contribution in [0.3, 0.4) is 0 Å². The van der Waals surface area contributed by atoms with Crippen molar-refractivity contribution in [2.24, 2.45) is 17.6 Å². The summed E-state index contributed by atoms with van der Waals surface area (Å²) in [4.78, 5) is 0. The van der Waals surface area contributed by atoms with E-state index in [1.54, 1.807) is 0 Å². The second-order valence-corrected chi connectivity index (χ2v) is 3.76. The quantitative estimate of drug-likeness (QED) is 0.476. The first-order valence-electron chi connectivity index (χ1n) is 4.62. The largest absolute Gasteiger partial charge is 0.327 e. The molecule has 0 radical (unpaired) electrons. The van der Waals surface area contributed by atoms with Gasteiger partial charge in [0.05, 0.1) is 0 Å². The molecule has 1 aliphatic carbocycles. The van der Waals surface area contributed by atoms with E-state index in [4.69, 9.17) is 5.73 Å². The van der Waals surface area contributed by atoms with Crippen molar-refractivity contribution >= 4 is 0 Å². The van der Waals surface area contributed by atoms with Gasteiger partial charge in [0.2, 0.25) is 0 Å². The predicted molar refractivity (Wildman–Crippen MR) is 49.3 cm³/mol. The van der Waals surface area contributed by atoms with Crippen LogP contribution in [0.4, 0.5) is 0 Å². The molecular formula is C10H19N. The molecule has 0 aromatic rings. The molecule has 11 heavy (non-hydrogen) atoms. The highest BCUT2D eigenvalue weighted by Gasteiger charge is 2.36. The smallest absolute Gasteiger partial charge is 0.00699 e. The van der Waals surface area contributed by atoms with Crippen molar-refractivity contribution < 1.29 is 0 Å². The van der Waals surface area contributed by atoms with E-state index in [-0.39, 0.29) is 0 Å². The van der Waals surface area contributed by atoms with Gasteiger partial charge in [-0.1, -0.05) is 13.0 Å². The summed E-state index contributed by atoms with van der Waals surface area (Å²) >= 11 is 0. The second-order valence-electron chi connectivity index (χ2n) is 3.76. The van der Waals surface area contributed by atoms with Crippen molar-refractivity contribution in [1.82, 2.24) is 0 Å². The Hall–Kier alpha value is -0.300. The molecule has 1 rings (SSSR count). The molecular weight excluding hydrogens is 134 g/mol. The molecule has 0 aliphatic heterocycles. The van der Waals surface area contributed by atoms with Crippen LogP contribution in [0.5, 0.6) is 0 Å². The lowest BCUT2D eigenvalue weighted by molar-refractivity contribution is 0.509. The van der Waals surface area contributed by atoms with Crippen molar-refractivity contribution in [2.75, 3.05) is 0 Å². The lowest BCUT2D eigenvalue weighted by Crippen LogP contribution is -2.22. The average Bonchev–Trinajstić information content (AvgIpc) is 2.67. The minimum absolute atomic E-state index is 0.463. The fourth-order valence-electron chi connectivity index (χ4n) is 1.66. The highest BCUT2D eigenvalue weighted by Crippen LogP contribution is 2.40. The molecule has 1 heteroatoms. The first kappa shape index (κ1) is 8.79. The molecule has 64 valence electrons. The lowest BCUT2D eigenvalue weighted by atomic mass is 10.1. The molecule has 0 amide bonds. The molecule has 1 fully saturated rings. The van der Waals surface area contributed by atoms with Gasteiger partial charge in [-0.2, -0.15) is 0 Å². The zero-order valence-electron chi connectivity index (χ0n) is 7.42. The number of hydrogen-bond donors (Lipinski definition) is 1. The summed E-state index contributed by atoms with van der Waals surface area (Å²) < 4.78 is 0. The van der Waals surface area contributed by atoms with Crippen LogP contribution in [-0.4, -0.2) is 6.04 Å². The van der Waals surface area contributed by atoms with E-state index < -0.39 is 0 Å². The molecule has 0 saturated heterocycles. The van der Waals surface area contributed by atoms with Crippen molar-refractivity contribution in [3.63, 3.8) is 0 Å². The molecule has 0 heterocycles. The molecule has 1 aliphatic rings. The fraction of sp³-hybridized carbons (Fsp3) is 0.800. The van der Waals surface area contributed by atoms with Crippen LogP contribution in [0.15, 0.2) is 12.7 Å². The van der Waals surface area contributed by atoms with E-state index in [9.17, 15) is 0 Å². The standard InChI is InChI=1S/C10H19N/c1-3-4-5-6-10(11)9-7-8(9)2/h3,8-10H,1,4-7,11H2,2H3. The molecule has 2 N–H and O–H groups in total. The van der Waals surface area contributed by atoms with Crippen LogP contribution in [0.1, 0.15) is 32.6 Å². The monoisotopic (exact) mass is 153 g/mol. The predicted octanol–water partition coefficient (Wildman–Crippen LogP) is 2.33. The molecule has 3 unspecified atom stereocenters. The highest BCUT2D eigenvalue weighted by atomic mass is 14.7. The molecule has 0 spiro atoms. The average molecular weight is 153 g/mol. The summed E-state index contributed by atoms with van der Waals surface area (Å²) in [6.07, 6.45) is 6.85. The Balaban J connectivity index is 2.02. The molecule has 0 aromatic carbocycles. The van der Waals surface area contributed by atoms with Gasteiger partial charge in [-0.3, -0.25) is 0 Å². The van der Waals surface area contributed by atoms with Gasteiger partial charge in [0.15, 0.2) is 0 Å².